The van der Waals surface area contributed by atoms with E-state index >= 15 is 0 Å². The highest BCUT2D eigenvalue weighted by atomic mass is 79.9. The first-order valence-electron chi connectivity index (χ1n) is 5.31. The first-order chi connectivity index (χ1) is 8.29. The maximum atomic E-state index is 9.18. The molecule has 0 unspecified atom stereocenters. The zero-order valence-corrected chi connectivity index (χ0v) is 10.8. The number of hydrogen-bond donors (Lipinski definition) is 2. The van der Waals surface area contributed by atoms with Crippen LogP contribution in [0.2, 0.25) is 0 Å². The van der Waals surface area contributed by atoms with Crippen molar-refractivity contribution in [3.63, 3.8) is 0 Å². The number of hydrogen-bond acceptors (Lipinski definition) is 3. The van der Waals surface area contributed by atoms with Gasteiger partial charge in [0.25, 0.3) is 0 Å². The smallest absolute Gasteiger partial charge is 0.0703 e. The Labute approximate surface area is 109 Å². The fourth-order valence-corrected chi connectivity index (χ4v) is 1.78. The third kappa shape index (κ3) is 3.28. The van der Waals surface area contributed by atoms with Crippen LogP contribution in [0.4, 0.5) is 5.69 Å². The molecule has 0 saturated carbocycles. The normalized spacial score (nSPS) is 10.2. The summed E-state index contributed by atoms with van der Waals surface area (Å²) in [5.41, 5.74) is 2.91. The molecule has 1 aromatic heterocycles. The molecule has 0 radical (unpaired) electrons. The summed E-state index contributed by atoms with van der Waals surface area (Å²) < 4.78 is 1.07. The van der Waals surface area contributed by atoms with Gasteiger partial charge in [-0.15, -0.1) is 0 Å². The van der Waals surface area contributed by atoms with E-state index in [2.05, 4.69) is 26.2 Å². The first-order valence-corrected chi connectivity index (χ1v) is 6.11. The summed E-state index contributed by atoms with van der Waals surface area (Å²) in [6.45, 7) is 0.733. The molecule has 1 aromatic carbocycles. The number of nitrogens with one attached hydrogen (secondary N) is 1. The molecule has 2 rings (SSSR count). The summed E-state index contributed by atoms with van der Waals surface area (Å²) in [7, 11) is 0. The lowest BCUT2D eigenvalue weighted by Crippen LogP contribution is -2.02. The molecule has 0 aliphatic rings. The first kappa shape index (κ1) is 12.1. The number of aliphatic hydroxyl groups excluding tert-OH is 1. The Kier molecular flexibility index (Phi) is 4.12. The van der Waals surface area contributed by atoms with Gasteiger partial charge in [0, 0.05) is 22.8 Å². The molecule has 0 amide bonds. The van der Waals surface area contributed by atoms with Crippen LogP contribution in [0, 0.1) is 0 Å². The van der Waals surface area contributed by atoms with E-state index in [0.29, 0.717) is 6.54 Å². The molecule has 1 heterocycles. The lowest BCUT2D eigenvalue weighted by molar-refractivity contribution is 0.282. The molecule has 0 atom stereocenters. The Morgan fingerprint density at radius 1 is 1.18 bits per heavy atom. The van der Waals surface area contributed by atoms with Crippen molar-refractivity contribution in [2.45, 2.75) is 13.2 Å². The predicted molar refractivity (Wildman–Crippen MR) is 71.6 cm³/mol. The van der Waals surface area contributed by atoms with E-state index in [1.165, 1.54) is 5.56 Å². The molecule has 0 bridgehead atoms. The fraction of sp³-hybridized carbons (Fsp3) is 0.154. The van der Waals surface area contributed by atoms with Gasteiger partial charge in [0.05, 0.1) is 18.5 Å². The van der Waals surface area contributed by atoms with Gasteiger partial charge in [0.2, 0.25) is 0 Å². The summed E-state index contributed by atoms with van der Waals surface area (Å²) in [5.74, 6) is 0. The van der Waals surface area contributed by atoms with Crippen LogP contribution in [0.3, 0.4) is 0 Å². The van der Waals surface area contributed by atoms with Crippen molar-refractivity contribution in [1.82, 2.24) is 4.98 Å². The van der Waals surface area contributed by atoms with Gasteiger partial charge < -0.3 is 10.4 Å². The Hall–Kier alpha value is -1.39. The second-order valence-electron chi connectivity index (χ2n) is 3.67. The van der Waals surface area contributed by atoms with E-state index < -0.39 is 0 Å². The number of rotatable bonds is 4. The molecular weight excluding hydrogens is 280 g/mol. The van der Waals surface area contributed by atoms with E-state index in [1.807, 2.05) is 30.3 Å². The third-order valence-corrected chi connectivity index (χ3v) is 3.01. The summed E-state index contributed by atoms with van der Waals surface area (Å²) >= 11 is 3.40. The molecular formula is C13H13BrN2O. The average molecular weight is 293 g/mol. The standard InChI is InChI=1S/C13H13BrN2O/c14-12-3-1-10(2-4-12)7-16-13-8-15-6-5-11(13)9-17/h1-6,8,16-17H,7,9H2. The van der Waals surface area contributed by atoms with Crippen LogP contribution in [-0.4, -0.2) is 10.1 Å². The van der Waals surface area contributed by atoms with Crippen molar-refractivity contribution < 1.29 is 5.11 Å². The molecule has 3 nitrogen and oxygen atoms in total. The SMILES string of the molecule is OCc1ccncc1NCc1ccc(Br)cc1. The highest BCUT2D eigenvalue weighted by Gasteiger charge is 2.00. The molecule has 2 N–H and O–H groups in total. The molecule has 88 valence electrons. The molecule has 0 saturated heterocycles. The number of pyridine rings is 1. The molecule has 2 aromatic rings. The quantitative estimate of drug-likeness (QED) is 0.911. The van der Waals surface area contributed by atoms with Gasteiger partial charge in [0.15, 0.2) is 0 Å². The Bertz CT molecular complexity index is 485. The van der Waals surface area contributed by atoms with Crippen LogP contribution in [0.1, 0.15) is 11.1 Å². The largest absolute Gasteiger partial charge is 0.392 e. The minimum absolute atomic E-state index is 0.0190. The van der Waals surface area contributed by atoms with Crippen molar-refractivity contribution in [2.75, 3.05) is 5.32 Å². The van der Waals surface area contributed by atoms with Crippen LogP contribution in [0.15, 0.2) is 47.2 Å². The number of halogens is 1. The molecule has 0 aliphatic heterocycles. The molecule has 4 heteroatoms. The van der Waals surface area contributed by atoms with E-state index in [1.54, 1.807) is 12.4 Å². The van der Waals surface area contributed by atoms with E-state index in [0.717, 1.165) is 15.7 Å². The average Bonchev–Trinajstić information content (AvgIpc) is 2.38. The third-order valence-electron chi connectivity index (χ3n) is 2.48. The summed E-state index contributed by atoms with van der Waals surface area (Å²) in [4.78, 5) is 4.04. The highest BCUT2D eigenvalue weighted by Crippen LogP contribution is 2.15. The predicted octanol–water partition coefficient (Wildman–Crippen LogP) is 2.95. The number of benzene rings is 1. The Balaban J connectivity index is 2.04. The van der Waals surface area contributed by atoms with Crippen LogP contribution in [-0.2, 0) is 13.2 Å². The lowest BCUT2D eigenvalue weighted by atomic mass is 10.2. The van der Waals surface area contributed by atoms with Crippen molar-refractivity contribution in [3.05, 3.63) is 58.3 Å². The van der Waals surface area contributed by atoms with Crippen LogP contribution >= 0.6 is 15.9 Å². The van der Waals surface area contributed by atoms with Gasteiger partial charge in [-0.05, 0) is 23.8 Å². The minimum Gasteiger partial charge on any atom is -0.392 e. The lowest BCUT2D eigenvalue weighted by Gasteiger charge is -2.09. The number of aliphatic hydroxyl groups is 1. The van der Waals surface area contributed by atoms with Crippen molar-refractivity contribution in [2.24, 2.45) is 0 Å². The molecule has 0 aliphatic carbocycles. The van der Waals surface area contributed by atoms with Gasteiger partial charge >= 0.3 is 0 Å². The monoisotopic (exact) mass is 292 g/mol. The van der Waals surface area contributed by atoms with E-state index in [9.17, 15) is 5.11 Å². The highest BCUT2D eigenvalue weighted by molar-refractivity contribution is 9.10. The Morgan fingerprint density at radius 3 is 2.65 bits per heavy atom. The zero-order chi connectivity index (χ0) is 12.1. The Morgan fingerprint density at radius 2 is 1.94 bits per heavy atom. The summed E-state index contributed by atoms with van der Waals surface area (Å²) in [6.07, 6.45) is 3.40. The van der Waals surface area contributed by atoms with Crippen molar-refractivity contribution in [1.29, 1.82) is 0 Å². The van der Waals surface area contributed by atoms with Crippen molar-refractivity contribution in [3.8, 4) is 0 Å². The fourth-order valence-electron chi connectivity index (χ4n) is 1.52. The van der Waals surface area contributed by atoms with Gasteiger partial charge in [0.1, 0.15) is 0 Å². The maximum Gasteiger partial charge on any atom is 0.0703 e. The van der Waals surface area contributed by atoms with Gasteiger partial charge in [-0.2, -0.15) is 0 Å². The molecule has 17 heavy (non-hydrogen) atoms. The van der Waals surface area contributed by atoms with Crippen LogP contribution < -0.4 is 5.32 Å². The van der Waals surface area contributed by atoms with Gasteiger partial charge in [-0.3, -0.25) is 4.98 Å². The van der Waals surface area contributed by atoms with Crippen LogP contribution in [0.5, 0.6) is 0 Å². The maximum absolute atomic E-state index is 9.18. The zero-order valence-electron chi connectivity index (χ0n) is 9.23. The second kappa shape index (κ2) is 5.80. The second-order valence-corrected chi connectivity index (χ2v) is 4.59. The summed E-state index contributed by atoms with van der Waals surface area (Å²) in [6, 6.07) is 9.92. The minimum atomic E-state index is 0.0190. The van der Waals surface area contributed by atoms with Crippen molar-refractivity contribution >= 4 is 21.6 Å². The number of anilines is 1. The van der Waals surface area contributed by atoms with Gasteiger partial charge in [-0.25, -0.2) is 0 Å². The number of nitrogens with zero attached hydrogens (tertiary/aromatic N) is 1. The van der Waals surface area contributed by atoms with Gasteiger partial charge in [-0.1, -0.05) is 28.1 Å². The summed E-state index contributed by atoms with van der Waals surface area (Å²) in [5, 5.41) is 12.4. The van der Waals surface area contributed by atoms with E-state index in [-0.39, 0.29) is 6.61 Å². The molecule has 0 fully saturated rings. The molecule has 0 spiro atoms. The topological polar surface area (TPSA) is 45.2 Å². The van der Waals surface area contributed by atoms with E-state index in [4.69, 9.17) is 0 Å². The number of aromatic nitrogens is 1. The van der Waals surface area contributed by atoms with Crippen LogP contribution in [0.25, 0.3) is 0 Å².